The van der Waals surface area contributed by atoms with Gasteiger partial charge in [0.1, 0.15) is 12.4 Å². The summed E-state index contributed by atoms with van der Waals surface area (Å²) in [5.41, 5.74) is -4.48. The molecule has 3 rings (SSSR count). The maximum Gasteiger partial charge on any atom is 0.297 e. The van der Waals surface area contributed by atoms with Gasteiger partial charge in [-0.15, -0.1) is 0 Å². The number of rotatable bonds is 5. The number of halogens is 5. The molecule has 2 aromatic rings. The second-order valence-corrected chi connectivity index (χ2v) is 6.36. The van der Waals surface area contributed by atoms with E-state index in [1.54, 1.807) is 6.20 Å². The number of hydrogen-bond donors (Lipinski definition) is 1. The van der Waals surface area contributed by atoms with Gasteiger partial charge in [0.25, 0.3) is 18.8 Å². The first-order chi connectivity index (χ1) is 12.2. The second kappa shape index (κ2) is 6.79. The molecule has 0 bridgehead atoms. The third-order valence-corrected chi connectivity index (χ3v) is 3.99. The molecule has 3 heterocycles. The average molecular weight is 439 g/mol. The monoisotopic (exact) mass is 438 g/mol. The van der Waals surface area contributed by atoms with Crippen molar-refractivity contribution in [2.75, 3.05) is 0 Å². The highest BCUT2D eigenvalue weighted by atomic mass is 79.9. The summed E-state index contributed by atoms with van der Waals surface area (Å²) in [6, 6.07) is 1.20. The van der Waals surface area contributed by atoms with Gasteiger partial charge < -0.3 is 5.11 Å². The summed E-state index contributed by atoms with van der Waals surface area (Å²) in [5.74, 6) is -1.22. The Morgan fingerprint density at radius 1 is 1.35 bits per heavy atom. The molecule has 1 amide bonds. The zero-order valence-electron chi connectivity index (χ0n) is 12.8. The molecule has 0 radical (unpaired) electrons. The zero-order chi connectivity index (χ0) is 19.1. The number of aliphatic hydroxyl groups is 1. The van der Waals surface area contributed by atoms with E-state index in [9.17, 15) is 27.5 Å². The molecule has 26 heavy (non-hydrogen) atoms. The van der Waals surface area contributed by atoms with Gasteiger partial charge in [0.2, 0.25) is 5.72 Å². The quantitative estimate of drug-likeness (QED) is 0.720. The first-order valence-electron chi connectivity index (χ1n) is 7.12. The van der Waals surface area contributed by atoms with Gasteiger partial charge in [-0.05, 0) is 22.0 Å². The van der Waals surface area contributed by atoms with Gasteiger partial charge in [0.15, 0.2) is 5.69 Å². The molecule has 0 spiro atoms. The molecule has 140 valence electrons. The number of aromatic nitrogens is 4. The van der Waals surface area contributed by atoms with Crippen molar-refractivity contribution in [2.24, 2.45) is 5.10 Å². The fourth-order valence-electron chi connectivity index (χ4n) is 2.33. The van der Waals surface area contributed by atoms with E-state index in [-0.39, 0.29) is 17.4 Å². The number of nitrogens with zero attached hydrogens (tertiary/aromatic N) is 6. The van der Waals surface area contributed by atoms with E-state index < -0.39 is 36.6 Å². The minimum absolute atomic E-state index is 0.0314. The summed E-state index contributed by atoms with van der Waals surface area (Å²) in [4.78, 5) is 12.4. The van der Waals surface area contributed by atoms with Crippen molar-refractivity contribution in [1.29, 1.82) is 0 Å². The topological polar surface area (TPSA) is 88.5 Å². The van der Waals surface area contributed by atoms with Crippen molar-refractivity contribution >= 4 is 27.5 Å². The zero-order valence-corrected chi connectivity index (χ0v) is 14.4. The molecular weight excluding hydrogens is 428 g/mol. The van der Waals surface area contributed by atoms with Crippen LogP contribution in [0.25, 0.3) is 0 Å². The predicted octanol–water partition coefficient (Wildman–Crippen LogP) is 1.77. The molecule has 0 saturated heterocycles. The number of carbonyl (C=O) groups excluding carboxylic acids is 1. The van der Waals surface area contributed by atoms with Gasteiger partial charge in [0.05, 0.1) is 10.7 Å². The van der Waals surface area contributed by atoms with E-state index in [0.29, 0.717) is 4.47 Å². The van der Waals surface area contributed by atoms with Crippen LogP contribution in [-0.2, 0) is 6.67 Å². The SMILES string of the molecule is O=C(c1ccn(Cn2cc(Br)cn2)n1)N1N=C(C(F)F)C[C@]1(O)C(F)F. The molecular formula is C13H11BrF4N6O2. The first-order valence-corrected chi connectivity index (χ1v) is 7.92. The normalized spacial score (nSPS) is 20.3. The minimum Gasteiger partial charge on any atom is -0.364 e. The Balaban J connectivity index is 1.83. The molecule has 13 heteroatoms. The number of carbonyl (C=O) groups is 1. The van der Waals surface area contributed by atoms with E-state index in [2.05, 4.69) is 31.2 Å². The Kier molecular flexibility index (Phi) is 4.84. The highest BCUT2D eigenvalue weighted by Crippen LogP contribution is 2.33. The van der Waals surface area contributed by atoms with Gasteiger partial charge in [0, 0.05) is 18.8 Å². The van der Waals surface area contributed by atoms with Crippen LogP contribution < -0.4 is 0 Å². The van der Waals surface area contributed by atoms with Crippen LogP contribution in [0.5, 0.6) is 0 Å². The molecule has 1 aliphatic rings. The molecule has 2 aromatic heterocycles. The van der Waals surface area contributed by atoms with Crippen molar-refractivity contribution in [2.45, 2.75) is 31.7 Å². The minimum atomic E-state index is -3.49. The van der Waals surface area contributed by atoms with Gasteiger partial charge in [-0.2, -0.15) is 20.3 Å². The third-order valence-electron chi connectivity index (χ3n) is 3.58. The van der Waals surface area contributed by atoms with Gasteiger partial charge in [-0.25, -0.2) is 22.2 Å². The van der Waals surface area contributed by atoms with E-state index in [0.717, 1.165) is 0 Å². The number of hydrogen-bond acceptors (Lipinski definition) is 5. The molecule has 8 nitrogen and oxygen atoms in total. The van der Waals surface area contributed by atoms with Gasteiger partial charge in [-0.3, -0.25) is 9.48 Å². The maximum atomic E-state index is 13.2. The lowest BCUT2D eigenvalue weighted by Crippen LogP contribution is -2.51. The lowest BCUT2D eigenvalue weighted by Gasteiger charge is -2.29. The van der Waals surface area contributed by atoms with Crippen molar-refractivity contribution in [3.05, 3.63) is 34.8 Å². The average Bonchev–Trinajstić information content (AvgIpc) is 3.27. The molecule has 0 saturated carbocycles. The van der Waals surface area contributed by atoms with Crippen molar-refractivity contribution in [3.8, 4) is 0 Å². The molecule has 1 N–H and O–H groups in total. The smallest absolute Gasteiger partial charge is 0.297 e. The Bertz CT molecular complexity index is 853. The third kappa shape index (κ3) is 3.35. The molecule has 0 aliphatic carbocycles. The van der Waals surface area contributed by atoms with E-state index >= 15 is 0 Å². The van der Waals surface area contributed by atoms with Crippen molar-refractivity contribution in [1.82, 2.24) is 24.6 Å². The molecule has 1 aliphatic heterocycles. The van der Waals surface area contributed by atoms with Crippen LogP contribution in [0.15, 0.2) is 34.2 Å². The van der Waals surface area contributed by atoms with E-state index in [4.69, 9.17) is 0 Å². The number of alkyl halides is 4. The van der Waals surface area contributed by atoms with Crippen LogP contribution >= 0.6 is 15.9 Å². The molecule has 0 fully saturated rings. The second-order valence-electron chi connectivity index (χ2n) is 5.44. The fraction of sp³-hybridized carbons (Fsp3) is 0.385. The van der Waals surface area contributed by atoms with Crippen LogP contribution in [0.3, 0.4) is 0 Å². The van der Waals surface area contributed by atoms with Crippen LogP contribution in [0.2, 0.25) is 0 Å². The van der Waals surface area contributed by atoms with Gasteiger partial charge in [-0.1, -0.05) is 0 Å². The molecule has 1 atom stereocenters. The highest BCUT2D eigenvalue weighted by Gasteiger charge is 2.53. The maximum absolute atomic E-state index is 13.2. The number of amides is 1. The fourth-order valence-corrected chi connectivity index (χ4v) is 2.66. The van der Waals surface area contributed by atoms with E-state index in [1.807, 2.05) is 0 Å². The summed E-state index contributed by atoms with van der Waals surface area (Å²) in [6.07, 6.45) is -3.26. The number of hydrazone groups is 1. The predicted molar refractivity (Wildman–Crippen MR) is 82.7 cm³/mol. The molecule has 0 aromatic carbocycles. The summed E-state index contributed by atoms with van der Waals surface area (Å²) in [5, 5.41) is 21.0. The van der Waals surface area contributed by atoms with Gasteiger partial charge >= 0.3 is 0 Å². The van der Waals surface area contributed by atoms with E-state index in [1.165, 1.54) is 27.8 Å². The lowest BCUT2D eigenvalue weighted by molar-refractivity contribution is -0.164. The summed E-state index contributed by atoms with van der Waals surface area (Å²) >= 11 is 3.21. The van der Waals surface area contributed by atoms with Crippen molar-refractivity contribution < 1.29 is 27.5 Å². The standard InChI is InChI=1S/C13H11BrF4N6O2/c14-7-4-19-23(5-7)6-22-2-1-8(20-22)11(25)24-13(26,12(17)18)3-9(21-24)10(15)16/h1-2,4-5,10,12,26H,3,6H2/t13-/m0/s1. The van der Waals surface area contributed by atoms with Crippen molar-refractivity contribution in [3.63, 3.8) is 0 Å². The first kappa shape index (κ1) is 18.5. The Morgan fingerprint density at radius 2 is 2.08 bits per heavy atom. The van der Waals surface area contributed by atoms with Crippen LogP contribution in [-0.4, -0.2) is 59.9 Å². The Morgan fingerprint density at radius 3 is 2.65 bits per heavy atom. The highest BCUT2D eigenvalue weighted by molar-refractivity contribution is 9.10. The van der Waals surface area contributed by atoms with Crippen LogP contribution in [0, 0.1) is 0 Å². The van der Waals surface area contributed by atoms with Crippen LogP contribution in [0.1, 0.15) is 16.9 Å². The summed E-state index contributed by atoms with van der Waals surface area (Å²) < 4.78 is 55.4. The Hall–Kier alpha value is -2.28. The Labute approximate surface area is 151 Å². The summed E-state index contributed by atoms with van der Waals surface area (Å²) in [6.45, 7) is 0.115. The van der Waals surface area contributed by atoms with Crippen LogP contribution in [0.4, 0.5) is 17.6 Å². The lowest BCUT2D eigenvalue weighted by atomic mass is 10.1. The summed E-state index contributed by atoms with van der Waals surface area (Å²) in [7, 11) is 0. The molecule has 0 unspecified atom stereocenters. The largest absolute Gasteiger partial charge is 0.364 e.